The molecule has 0 saturated carbocycles. The standard InChI is InChI=1S/C28H30N2O7S2/c1-30(39(32,33)21-8-10-23(35-3)25(17-21)37-5)20-7-11-26-19(15-20)16-27(38-26)28(31)29-13-12-18-6-9-22(34-2)24(14-18)36-4/h6-11,14-17H,12-13H2,1-5H3,(H,29,31). The molecule has 0 radical (unpaired) electrons. The van der Waals surface area contributed by atoms with Gasteiger partial charge in [0.1, 0.15) is 0 Å². The molecule has 4 aromatic rings. The first-order chi connectivity index (χ1) is 18.7. The van der Waals surface area contributed by atoms with Crippen LogP contribution in [-0.2, 0) is 16.4 Å². The molecule has 4 rings (SSSR count). The molecule has 0 bridgehead atoms. The highest BCUT2D eigenvalue weighted by molar-refractivity contribution is 7.92. The summed E-state index contributed by atoms with van der Waals surface area (Å²) in [6.45, 7) is 0.445. The second-order valence-electron chi connectivity index (χ2n) is 8.52. The van der Waals surface area contributed by atoms with Crippen LogP contribution in [0, 0.1) is 0 Å². The van der Waals surface area contributed by atoms with E-state index in [1.807, 2.05) is 24.3 Å². The zero-order valence-electron chi connectivity index (χ0n) is 22.3. The van der Waals surface area contributed by atoms with E-state index in [0.29, 0.717) is 46.5 Å². The van der Waals surface area contributed by atoms with E-state index in [1.165, 1.54) is 49.0 Å². The van der Waals surface area contributed by atoms with Crippen LogP contribution in [0.25, 0.3) is 10.1 Å². The van der Waals surface area contributed by atoms with Gasteiger partial charge in [0.2, 0.25) is 0 Å². The smallest absolute Gasteiger partial charge is 0.264 e. The van der Waals surface area contributed by atoms with Gasteiger partial charge in [0.15, 0.2) is 23.0 Å². The van der Waals surface area contributed by atoms with E-state index in [4.69, 9.17) is 18.9 Å². The SMILES string of the molecule is COc1ccc(CCNC(=O)c2cc3cc(N(C)S(=O)(=O)c4ccc(OC)c(OC)c4)ccc3s2)cc1OC. The molecule has 0 aliphatic carbocycles. The number of nitrogens with one attached hydrogen (secondary N) is 1. The number of carbonyl (C=O) groups excluding carboxylic acids is 1. The average molecular weight is 571 g/mol. The lowest BCUT2D eigenvalue weighted by Crippen LogP contribution is -2.26. The number of ether oxygens (including phenoxy) is 4. The highest BCUT2D eigenvalue weighted by Crippen LogP contribution is 2.34. The Bertz CT molecular complexity index is 1600. The number of hydrogen-bond acceptors (Lipinski definition) is 8. The maximum Gasteiger partial charge on any atom is 0.264 e. The van der Waals surface area contributed by atoms with Crippen LogP contribution >= 0.6 is 11.3 Å². The minimum Gasteiger partial charge on any atom is -0.493 e. The van der Waals surface area contributed by atoms with Crippen molar-refractivity contribution < 1.29 is 32.2 Å². The molecule has 0 fully saturated rings. The fraction of sp³-hybridized carbons (Fsp3) is 0.250. The number of sulfonamides is 1. The zero-order valence-corrected chi connectivity index (χ0v) is 23.9. The zero-order chi connectivity index (χ0) is 28.2. The molecule has 0 spiro atoms. The quantitative estimate of drug-likeness (QED) is 0.278. The lowest BCUT2D eigenvalue weighted by atomic mass is 10.1. The van der Waals surface area contributed by atoms with Crippen molar-refractivity contribution in [3.8, 4) is 23.0 Å². The molecule has 206 valence electrons. The van der Waals surface area contributed by atoms with Gasteiger partial charge in [-0.25, -0.2) is 8.42 Å². The Morgan fingerprint density at radius 2 is 1.46 bits per heavy atom. The van der Waals surface area contributed by atoms with Gasteiger partial charge < -0.3 is 24.3 Å². The fourth-order valence-electron chi connectivity index (χ4n) is 4.06. The van der Waals surface area contributed by atoms with E-state index in [1.54, 1.807) is 38.5 Å². The third-order valence-corrected chi connectivity index (χ3v) is 9.14. The van der Waals surface area contributed by atoms with Crippen LogP contribution in [0.1, 0.15) is 15.2 Å². The lowest BCUT2D eigenvalue weighted by molar-refractivity contribution is 0.0958. The predicted octanol–water partition coefficient (Wildman–Crippen LogP) is 4.73. The van der Waals surface area contributed by atoms with E-state index < -0.39 is 10.0 Å². The Morgan fingerprint density at radius 3 is 2.13 bits per heavy atom. The van der Waals surface area contributed by atoms with E-state index in [0.717, 1.165) is 15.6 Å². The van der Waals surface area contributed by atoms with Crippen molar-refractivity contribution in [1.29, 1.82) is 0 Å². The summed E-state index contributed by atoms with van der Waals surface area (Å²) in [5.74, 6) is 1.86. The second-order valence-corrected chi connectivity index (χ2v) is 11.6. The number of fused-ring (bicyclic) bond motifs is 1. The number of methoxy groups -OCH3 is 4. The summed E-state index contributed by atoms with van der Waals surface area (Å²) >= 11 is 1.35. The predicted molar refractivity (Wildman–Crippen MR) is 153 cm³/mol. The summed E-state index contributed by atoms with van der Waals surface area (Å²) < 4.78 is 49.8. The van der Waals surface area contributed by atoms with Crippen molar-refractivity contribution in [1.82, 2.24) is 5.32 Å². The van der Waals surface area contributed by atoms with Gasteiger partial charge in [0.05, 0.1) is 43.9 Å². The van der Waals surface area contributed by atoms with Gasteiger partial charge >= 0.3 is 0 Å². The van der Waals surface area contributed by atoms with Gasteiger partial charge in [-0.3, -0.25) is 9.10 Å². The summed E-state index contributed by atoms with van der Waals surface area (Å²) in [4.78, 5) is 13.4. The summed E-state index contributed by atoms with van der Waals surface area (Å²) in [5, 5.41) is 3.72. The van der Waals surface area contributed by atoms with Crippen molar-refractivity contribution in [2.24, 2.45) is 0 Å². The number of carbonyl (C=O) groups is 1. The minimum absolute atomic E-state index is 0.0719. The van der Waals surface area contributed by atoms with Crippen LogP contribution in [0.2, 0.25) is 0 Å². The largest absolute Gasteiger partial charge is 0.493 e. The summed E-state index contributed by atoms with van der Waals surface area (Å²) in [6, 6.07) is 17.2. The van der Waals surface area contributed by atoms with Gasteiger partial charge in [-0.2, -0.15) is 0 Å². The normalized spacial score (nSPS) is 11.2. The van der Waals surface area contributed by atoms with Crippen molar-refractivity contribution >= 4 is 43.0 Å². The molecule has 1 amide bonds. The van der Waals surface area contributed by atoms with Crippen molar-refractivity contribution in [2.45, 2.75) is 11.3 Å². The van der Waals surface area contributed by atoms with Gasteiger partial charge in [0.25, 0.3) is 15.9 Å². The molecule has 0 atom stereocenters. The van der Waals surface area contributed by atoms with Crippen LogP contribution in [0.5, 0.6) is 23.0 Å². The molecular weight excluding hydrogens is 540 g/mol. The molecule has 1 heterocycles. The Kier molecular flexibility index (Phi) is 8.51. The summed E-state index contributed by atoms with van der Waals surface area (Å²) in [5.41, 5.74) is 1.48. The van der Waals surface area contributed by atoms with Crippen LogP contribution in [-0.4, -0.2) is 56.4 Å². The van der Waals surface area contributed by atoms with Crippen LogP contribution < -0.4 is 28.6 Å². The van der Waals surface area contributed by atoms with Crippen LogP contribution in [0.15, 0.2) is 65.6 Å². The number of anilines is 1. The highest BCUT2D eigenvalue weighted by Gasteiger charge is 2.24. The molecule has 0 saturated heterocycles. The first kappa shape index (κ1) is 28.1. The van der Waals surface area contributed by atoms with E-state index >= 15 is 0 Å². The monoisotopic (exact) mass is 570 g/mol. The maximum atomic E-state index is 13.3. The summed E-state index contributed by atoms with van der Waals surface area (Å²) in [7, 11) is 3.72. The lowest BCUT2D eigenvalue weighted by Gasteiger charge is -2.20. The Hall–Kier alpha value is -3.96. The minimum atomic E-state index is -3.87. The molecule has 0 unspecified atom stereocenters. The summed E-state index contributed by atoms with van der Waals surface area (Å²) in [6.07, 6.45) is 0.625. The van der Waals surface area contributed by atoms with Gasteiger partial charge in [-0.1, -0.05) is 6.07 Å². The molecule has 9 nitrogen and oxygen atoms in total. The van der Waals surface area contributed by atoms with Gasteiger partial charge in [0, 0.05) is 24.4 Å². The van der Waals surface area contributed by atoms with Crippen LogP contribution in [0.4, 0.5) is 5.69 Å². The highest BCUT2D eigenvalue weighted by atomic mass is 32.2. The number of benzene rings is 3. The molecule has 3 aromatic carbocycles. The van der Waals surface area contributed by atoms with Gasteiger partial charge in [-0.05, 0) is 65.9 Å². The Balaban J connectivity index is 1.47. The maximum absolute atomic E-state index is 13.3. The Morgan fingerprint density at radius 1 is 0.821 bits per heavy atom. The molecule has 1 N–H and O–H groups in total. The number of hydrogen-bond donors (Lipinski definition) is 1. The third kappa shape index (κ3) is 5.89. The number of amides is 1. The topological polar surface area (TPSA) is 103 Å². The molecular formula is C28H30N2O7S2. The molecule has 11 heteroatoms. The first-order valence-electron chi connectivity index (χ1n) is 12.0. The van der Waals surface area contributed by atoms with Crippen molar-refractivity contribution in [3.63, 3.8) is 0 Å². The first-order valence-corrected chi connectivity index (χ1v) is 14.2. The van der Waals surface area contributed by atoms with E-state index in [9.17, 15) is 13.2 Å². The third-order valence-electron chi connectivity index (χ3n) is 6.25. The average Bonchev–Trinajstić information content (AvgIpc) is 3.39. The van der Waals surface area contributed by atoms with E-state index in [-0.39, 0.29) is 10.8 Å². The molecule has 0 aliphatic heterocycles. The van der Waals surface area contributed by atoms with E-state index in [2.05, 4.69) is 5.32 Å². The van der Waals surface area contributed by atoms with Crippen molar-refractivity contribution in [3.05, 3.63) is 71.1 Å². The number of nitrogens with zero attached hydrogens (tertiary/aromatic N) is 1. The number of thiophene rings is 1. The number of rotatable bonds is 11. The van der Waals surface area contributed by atoms with Crippen molar-refractivity contribution in [2.75, 3.05) is 46.3 Å². The van der Waals surface area contributed by atoms with Gasteiger partial charge in [-0.15, -0.1) is 11.3 Å². The molecule has 1 aromatic heterocycles. The Labute approximate surface area is 231 Å². The fourth-order valence-corrected chi connectivity index (χ4v) is 6.22. The van der Waals surface area contributed by atoms with Crippen LogP contribution in [0.3, 0.4) is 0 Å². The molecule has 39 heavy (non-hydrogen) atoms. The second kappa shape index (κ2) is 11.8. The molecule has 0 aliphatic rings.